The van der Waals surface area contributed by atoms with E-state index in [4.69, 9.17) is 16.4 Å². The summed E-state index contributed by atoms with van der Waals surface area (Å²) in [6.45, 7) is 0. The molecule has 0 fully saturated rings. The number of nitrogens with zero attached hydrogens (tertiary/aromatic N) is 2. The quantitative estimate of drug-likeness (QED) is 0.266. The molecular formula is C6H8N4O. The van der Waals surface area contributed by atoms with Gasteiger partial charge in [-0.1, -0.05) is 0 Å². The number of hydrogen-bond donors (Lipinski definition) is 3. The van der Waals surface area contributed by atoms with Gasteiger partial charge in [-0.25, -0.2) is 9.72 Å². The van der Waals surface area contributed by atoms with E-state index in [1.165, 1.54) is 12.4 Å². The van der Waals surface area contributed by atoms with Crippen LogP contribution in [-0.4, -0.2) is 15.9 Å². The number of rotatable bonds is 0. The first-order chi connectivity index (χ1) is 5.18. The average Bonchev–Trinajstić information content (AvgIpc) is 1.93. The molecule has 0 saturated heterocycles. The second-order valence-corrected chi connectivity index (χ2v) is 1.93. The fourth-order valence-corrected chi connectivity index (χ4v) is 0.624. The number of pyridine rings is 1. The van der Waals surface area contributed by atoms with Gasteiger partial charge in [-0.05, 0) is 12.1 Å². The van der Waals surface area contributed by atoms with Crippen LogP contribution < -0.4 is 11.1 Å². The lowest BCUT2D eigenvalue weighted by Crippen LogP contribution is -2.13. The molecule has 0 unspecified atom stereocenters. The fourth-order valence-electron chi connectivity index (χ4n) is 0.624. The Kier molecular flexibility index (Phi) is 1.91. The van der Waals surface area contributed by atoms with E-state index < -0.39 is 0 Å². The topological polar surface area (TPSA) is 87.4 Å². The van der Waals surface area contributed by atoms with Crippen molar-refractivity contribution in [3.63, 3.8) is 0 Å². The van der Waals surface area contributed by atoms with Crippen molar-refractivity contribution in [2.45, 2.75) is 0 Å². The maximum absolute atomic E-state index is 8.78. The molecule has 0 bridgehead atoms. The first-order valence-corrected chi connectivity index (χ1v) is 2.95. The van der Waals surface area contributed by atoms with E-state index in [0.29, 0.717) is 5.36 Å². The number of nitrogens with two attached hydrogens (primary N) is 1. The van der Waals surface area contributed by atoms with Crippen LogP contribution in [0.3, 0.4) is 0 Å². The van der Waals surface area contributed by atoms with Crippen molar-refractivity contribution in [3.05, 3.63) is 29.9 Å². The molecular weight excluding hydrogens is 144 g/mol. The highest BCUT2D eigenvalue weighted by atomic mass is 16.5. The Bertz CT molecular complexity index is 307. The molecule has 0 radical (unpaired) electrons. The standard InChI is InChI=1S/C6H8N4O/c7-6(8)9-5-1-3-10(11)4-2-5/h1-4,11H,(H3,7,8). The van der Waals surface area contributed by atoms with E-state index >= 15 is 0 Å². The smallest absolute Gasteiger partial charge is 0.212 e. The maximum Gasteiger partial charge on any atom is 0.212 e. The third-order valence-electron chi connectivity index (χ3n) is 1.05. The molecule has 4 N–H and O–H groups in total. The lowest BCUT2D eigenvalue weighted by molar-refractivity contribution is 0.184. The summed E-state index contributed by atoms with van der Waals surface area (Å²) >= 11 is 0. The molecule has 0 aliphatic carbocycles. The minimum atomic E-state index is -0.249. The second-order valence-electron chi connectivity index (χ2n) is 1.93. The lowest BCUT2D eigenvalue weighted by atomic mass is 10.5. The highest BCUT2D eigenvalue weighted by molar-refractivity contribution is 5.75. The molecule has 5 nitrogen and oxygen atoms in total. The van der Waals surface area contributed by atoms with E-state index in [0.717, 1.165) is 4.73 Å². The molecule has 0 spiro atoms. The van der Waals surface area contributed by atoms with Crippen LogP contribution in [0.5, 0.6) is 0 Å². The minimum Gasteiger partial charge on any atom is -0.429 e. The van der Waals surface area contributed by atoms with Crippen molar-refractivity contribution in [2.24, 2.45) is 10.7 Å². The second kappa shape index (κ2) is 2.87. The van der Waals surface area contributed by atoms with Gasteiger partial charge in [0.2, 0.25) is 5.96 Å². The zero-order chi connectivity index (χ0) is 8.27. The lowest BCUT2D eigenvalue weighted by Gasteiger charge is -1.92. The van der Waals surface area contributed by atoms with E-state index in [-0.39, 0.29) is 5.96 Å². The van der Waals surface area contributed by atoms with E-state index in [2.05, 4.69) is 4.99 Å². The first kappa shape index (κ1) is 7.33. The predicted octanol–water partition coefficient (Wildman–Crippen LogP) is -0.480. The average molecular weight is 152 g/mol. The van der Waals surface area contributed by atoms with Crippen LogP contribution in [0.1, 0.15) is 0 Å². The van der Waals surface area contributed by atoms with Gasteiger partial charge in [0.1, 0.15) is 0 Å². The molecule has 58 valence electrons. The highest BCUT2D eigenvalue weighted by Crippen LogP contribution is 1.75. The summed E-state index contributed by atoms with van der Waals surface area (Å²) in [5, 5.41) is 16.2. The van der Waals surface area contributed by atoms with Crippen LogP contribution >= 0.6 is 0 Å². The Hall–Kier alpha value is -1.78. The Morgan fingerprint density at radius 3 is 2.55 bits per heavy atom. The van der Waals surface area contributed by atoms with Crippen molar-refractivity contribution in [2.75, 3.05) is 0 Å². The molecule has 0 saturated carbocycles. The molecule has 1 rings (SSSR count). The zero-order valence-electron chi connectivity index (χ0n) is 5.73. The van der Waals surface area contributed by atoms with Crippen molar-refractivity contribution < 1.29 is 5.21 Å². The number of aromatic nitrogens is 1. The number of hydrogen-bond acceptors (Lipinski definition) is 2. The number of guanidine groups is 1. The van der Waals surface area contributed by atoms with Crippen LogP contribution in [0.25, 0.3) is 0 Å². The number of nitrogens with one attached hydrogen (secondary N) is 1. The summed E-state index contributed by atoms with van der Waals surface area (Å²) < 4.78 is 0.888. The molecule has 0 aromatic carbocycles. The van der Waals surface area contributed by atoms with E-state index in [1.807, 2.05) is 0 Å². The molecule has 11 heavy (non-hydrogen) atoms. The van der Waals surface area contributed by atoms with Crippen molar-refractivity contribution >= 4 is 5.96 Å². The summed E-state index contributed by atoms with van der Waals surface area (Å²) in [5.74, 6) is -0.249. The molecule has 1 aromatic heterocycles. The van der Waals surface area contributed by atoms with Gasteiger partial charge in [-0.3, -0.25) is 5.41 Å². The molecule has 0 amide bonds. The van der Waals surface area contributed by atoms with Gasteiger partial charge >= 0.3 is 0 Å². The summed E-state index contributed by atoms with van der Waals surface area (Å²) in [5.41, 5.74) is 5.01. The van der Waals surface area contributed by atoms with Crippen LogP contribution in [0.4, 0.5) is 0 Å². The van der Waals surface area contributed by atoms with Gasteiger partial charge in [0.05, 0.1) is 5.36 Å². The molecule has 1 aromatic rings. The summed E-state index contributed by atoms with van der Waals surface area (Å²) in [4.78, 5) is 3.64. The van der Waals surface area contributed by atoms with Gasteiger partial charge < -0.3 is 10.9 Å². The van der Waals surface area contributed by atoms with E-state index in [9.17, 15) is 0 Å². The monoisotopic (exact) mass is 152 g/mol. The summed E-state index contributed by atoms with van der Waals surface area (Å²) in [6, 6.07) is 3.09. The Morgan fingerprint density at radius 1 is 1.55 bits per heavy atom. The molecule has 0 aliphatic rings. The van der Waals surface area contributed by atoms with Gasteiger partial charge in [0.15, 0.2) is 0 Å². The van der Waals surface area contributed by atoms with Crippen LogP contribution in [-0.2, 0) is 0 Å². The first-order valence-electron chi connectivity index (χ1n) is 2.95. The molecule has 5 heteroatoms. The Balaban J connectivity index is 3.08. The predicted molar refractivity (Wildman–Crippen MR) is 39.1 cm³/mol. The summed E-state index contributed by atoms with van der Waals surface area (Å²) in [7, 11) is 0. The van der Waals surface area contributed by atoms with Crippen LogP contribution in [0, 0.1) is 5.41 Å². The van der Waals surface area contributed by atoms with Gasteiger partial charge in [0.25, 0.3) is 0 Å². The van der Waals surface area contributed by atoms with Gasteiger partial charge in [0, 0.05) is 12.4 Å². The van der Waals surface area contributed by atoms with Gasteiger partial charge in [-0.2, -0.15) is 0 Å². The van der Waals surface area contributed by atoms with E-state index in [1.54, 1.807) is 12.1 Å². The molecule has 0 aliphatic heterocycles. The molecule has 0 atom stereocenters. The highest BCUT2D eigenvalue weighted by Gasteiger charge is 1.82. The van der Waals surface area contributed by atoms with Crippen molar-refractivity contribution in [1.29, 1.82) is 5.41 Å². The van der Waals surface area contributed by atoms with Crippen LogP contribution in [0.2, 0.25) is 0 Å². The third-order valence-corrected chi connectivity index (χ3v) is 1.05. The van der Waals surface area contributed by atoms with Crippen molar-refractivity contribution in [3.8, 4) is 0 Å². The Morgan fingerprint density at radius 2 is 2.09 bits per heavy atom. The third kappa shape index (κ3) is 2.13. The zero-order valence-corrected chi connectivity index (χ0v) is 5.73. The SMILES string of the molecule is N=C(N)N=c1ccn(O)cc1. The largest absolute Gasteiger partial charge is 0.429 e. The minimum absolute atomic E-state index is 0.249. The van der Waals surface area contributed by atoms with Crippen molar-refractivity contribution in [1.82, 2.24) is 4.73 Å². The maximum atomic E-state index is 8.78. The molecule has 1 heterocycles. The van der Waals surface area contributed by atoms with Crippen LogP contribution in [0.15, 0.2) is 29.5 Å². The Labute approximate surface area is 62.9 Å². The summed E-state index contributed by atoms with van der Waals surface area (Å²) in [6.07, 6.45) is 2.81. The normalized spacial score (nSPS) is 9.09. The fraction of sp³-hybridized carbons (Fsp3) is 0. The van der Waals surface area contributed by atoms with Gasteiger partial charge in [-0.15, -0.1) is 0 Å².